The lowest BCUT2D eigenvalue weighted by Crippen LogP contribution is -2.42. The molecule has 1 aliphatic heterocycles. The summed E-state index contributed by atoms with van der Waals surface area (Å²) >= 11 is 0. The molecule has 1 unspecified atom stereocenters. The van der Waals surface area contributed by atoms with Crippen molar-refractivity contribution in [3.05, 3.63) is 29.8 Å². The largest absolute Gasteiger partial charge is 0.378 e. The van der Waals surface area contributed by atoms with Crippen LogP contribution in [0.25, 0.3) is 0 Å². The van der Waals surface area contributed by atoms with E-state index >= 15 is 0 Å². The minimum atomic E-state index is 0.314. The molecule has 0 aliphatic carbocycles. The van der Waals surface area contributed by atoms with Crippen molar-refractivity contribution in [2.24, 2.45) is 0 Å². The minimum Gasteiger partial charge on any atom is -0.378 e. The summed E-state index contributed by atoms with van der Waals surface area (Å²) in [5.41, 5.74) is 2.44. The Morgan fingerprint density at radius 2 is 1.95 bits per heavy atom. The molecule has 1 aromatic rings. The molecule has 1 fully saturated rings. The van der Waals surface area contributed by atoms with Crippen molar-refractivity contribution < 1.29 is 4.79 Å². The predicted molar refractivity (Wildman–Crippen MR) is 84.1 cm³/mol. The first-order valence-corrected chi connectivity index (χ1v) is 7.63. The summed E-state index contributed by atoms with van der Waals surface area (Å²) in [5.74, 6) is 0.314. The fraction of sp³-hybridized carbons (Fsp3) is 0.588. The van der Waals surface area contributed by atoms with E-state index in [0.29, 0.717) is 18.4 Å². The maximum Gasteiger partial charge on any atom is 0.223 e. The van der Waals surface area contributed by atoms with E-state index in [1.54, 1.807) is 0 Å². The van der Waals surface area contributed by atoms with Crippen molar-refractivity contribution in [2.45, 2.75) is 45.1 Å². The van der Waals surface area contributed by atoms with Crippen LogP contribution in [0.4, 0.5) is 5.69 Å². The molecule has 0 bridgehead atoms. The zero-order valence-corrected chi connectivity index (χ0v) is 12.9. The third-order valence-electron chi connectivity index (χ3n) is 4.20. The van der Waals surface area contributed by atoms with Crippen molar-refractivity contribution >= 4 is 11.6 Å². The monoisotopic (exact) mass is 274 g/mol. The Hall–Kier alpha value is -1.51. The Bertz CT molecular complexity index is 439. The number of amides is 1. The fourth-order valence-corrected chi connectivity index (χ4v) is 2.82. The molecule has 1 amide bonds. The van der Waals surface area contributed by atoms with E-state index in [-0.39, 0.29) is 0 Å². The molecular weight excluding hydrogens is 248 g/mol. The molecular formula is C17H26N2O. The Kier molecular flexibility index (Phi) is 5.05. The first kappa shape index (κ1) is 14.9. The summed E-state index contributed by atoms with van der Waals surface area (Å²) in [7, 11) is 4.08. The third-order valence-corrected chi connectivity index (χ3v) is 4.20. The molecule has 3 nitrogen and oxygen atoms in total. The van der Waals surface area contributed by atoms with Gasteiger partial charge in [-0.25, -0.2) is 0 Å². The van der Waals surface area contributed by atoms with Crippen LogP contribution in [0, 0.1) is 0 Å². The van der Waals surface area contributed by atoms with E-state index in [0.717, 1.165) is 25.8 Å². The van der Waals surface area contributed by atoms with Crippen LogP contribution in [-0.2, 0) is 11.2 Å². The van der Waals surface area contributed by atoms with Crippen molar-refractivity contribution in [1.82, 2.24) is 4.90 Å². The Morgan fingerprint density at radius 3 is 2.55 bits per heavy atom. The average Bonchev–Trinajstić information content (AvgIpc) is 2.45. The molecule has 1 aliphatic rings. The van der Waals surface area contributed by atoms with E-state index in [9.17, 15) is 4.79 Å². The SMILES string of the molecule is CC1CCCCN1C(=O)CCc1ccc(N(C)C)cc1. The maximum atomic E-state index is 12.3. The number of hydrogen-bond donors (Lipinski definition) is 0. The lowest BCUT2D eigenvalue weighted by Gasteiger charge is -2.33. The standard InChI is InChI=1S/C17H26N2O/c1-14-6-4-5-13-19(14)17(20)12-9-15-7-10-16(11-8-15)18(2)3/h7-8,10-11,14H,4-6,9,12-13H2,1-3H3. The molecule has 110 valence electrons. The summed E-state index contributed by atoms with van der Waals surface area (Å²) in [4.78, 5) is 16.4. The number of nitrogens with zero attached hydrogens (tertiary/aromatic N) is 2. The number of aryl methyl sites for hydroxylation is 1. The first-order chi connectivity index (χ1) is 9.58. The van der Waals surface area contributed by atoms with Crippen molar-refractivity contribution in [3.8, 4) is 0 Å². The quantitative estimate of drug-likeness (QED) is 0.842. The van der Waals surface area contributed by atoms with Crippen molar-refractivity contribution in [3.63, 3.8) is 0 Å². The van der Waals surface area contributed by atoms with Crippen LogP contribution >= 0.6 is 0 Å². The van der Waals surface area contributed by atoms with E-state index in [1.807, 2.05) is 14.1 Å². The summed E-state index contributed by atoms with van der Waals surface area (Å²) in [6.07, 6.45) is 5.05. The van der Waals surface area contributed by atoms with Gasteiger partial charge in [0.25, 0.3) is 0 Å². The fourth-order valence-electron chi connectivity index (χ4n) is 2.82. The molecule has 20 heavy (non-hydrogen) atoms. The molecule has 3 heteroatoms. The highest BCUT2D eigenvalue weighted by molar-refractivity contribution is 5.76. The number of rotatable bonds is 4. The van der Waals surface area contributed by atoms with Gasteiger partial charge in [-0.2, -0.15) is 0 Å². The van der Waals surface area contributed by atoms with Crippen LogP contribution in [0.3, 0.4) is 0 Å². The molecule has 0 saturated carbocycles. The van der Waals surface area contributed by atoms with Crippen LogP contribution in [0.2, 0.25) is 0 Å². The number of carbonyl (C=O) groups excluding carboxylic acids is 1. The first-order valence-electron chi connectivity index (χ1n) is 7.63. The number of anilines is 1. The van der Waals surface area contributed by atoms with Crippen LogP contribution in [0.5, 0.6) is 0 Å². The van der Waals surface area contributed by atoms with E-state index in [2.05, 4.69) is 41.0 Å². The van der Waals surface area contributed by atoms with Crippen LogP contribution in [-0.4, -0.2) is 37.5 Å². The molecule has 2 rings (SSSR count). The Morgan fingerprint density at radius 1 is 1.25 bits per heavy atom. The van der Waals surface area contributed by atoms with Crippen LogP contribution < -0.4 is 4.90 Å². The third kappa shape index (κ3) is 3.75. The zero-order valence-electron chi connectivity index (χ0n) is 12.9. The summed E-state index contributed by atoms with van der Waals surface area (Å²) in [5, 5.41) is 0. The molecule has 0 N–H and O–H groups in total. The summed E-state index contributed by atoms with van der Waals surface area (Å²) in [6.45, 7) is 3.11. The second-order valence-electron chi connectivity index (χ2n) is 5.99. The van der Waals surface area contributed by atoms with Gasteiger partial charge in [-0.3, -0.25) is 4.79 Å². The maximum absolute atomic E-state index is 12.3. The predicted octanol–water partition coefficient (Wildman–Crippen LogP) is 3.09. The number of hydrogen-bond acceptors (Lipinski definition) is 2. The van der Waals surface area contributed by atoms with Gasteiger partial charge >= 0.3 is 0 Å². The van der Waals surface area contributed by atoms with Gasteiger partial charge in [-0.15, -0.1) is 0 Å². The van der Waals surface area contributed by atoms with Gasteiger partial charge in [0.05, 0.1) is 0 Å². The van der Waals surface area contributed by atoms with Crippen molar-refractivity contribution in [1.29, 1.82) is 0 Å². The second kappa shape index (κ2) is 6.78. The Labute approximate surface area is 122 Å². The molecule has 1 heterocycles. The second-order valence-corrected chi connectivity index (χ2v) is 5.99. The summed E-state index contributed by atoms with van der Waals surface area (Å²) in [6, 6.07) is 8.91. The van der Waals surface area contributed by atoms with Gasteiger partial charge in [-0.1, -0.05) is 12.1 Å². The number of carbonyl (C=O) groups is 1. The van der Waals surface area contributed by atoms with Gasteiger partial charge in [-0.05, 0) is 50.3 Å². The van der Waals surface area contributed by atoms with E-state index in [4.69, 9.17) is 0 Å². The van der Waals surface area contributed by atoms with Crippen LogP contribution in [0.1, 0.15) is 38.2 Å². The number of likely N-dealkylation sites (tertiary alicyclic amines) is 1. The highest BCUT2D eigenvalue weighted by atomic mass is 16.2. The Balaban J connectivity index is 1.86. The molecule has 1 aromatic carbocycles. The highest BCUT2D eigenvalue weighted by Crippen LogP contribution is 2.18. The normalized spacial score (nSPS) is 18.9. The van der Waals surface area contributed by atoms with Crippen molar-refractivity contribution in [2.75, 3.05) is 25.5 Å². The molecule has 1 atom stereocenters. The lowest BCUT2D eigenvalue weighted by molar-refractivity contribution is -0.134. The molecule has 0 aromatic heterocycles. The molecule has 0 spiro atoms. The van der Waals surface area contributed by atoms with Crippen LogP contribution in [0.15, 0.2) is 24.3 Å². The lowest BCUT2D eigenvalue weighted by atomic mass is 10.0. The van der Waals surface area contributed by atoms with E-state index in [1.165, 1.54) is 17.7 Å². The smallest absolute Gasteiger partial charge is 0.223 e. The van der Waals surface area contributed by atoms with Gasteiger partial charge in [0.15, 0.2) is 0 Å². The zero-order chi connectivity index (χ0) is 14.5. The van der Waals surface area contributed by atoms with Gasteiger partial charge in [0.1, 0.15) is 0 Å². The average molecular weight is 274 g/mol. The van der Waals surface area contributed by atoms with Gasteiger partial charge < -0.3 is 9.80 Å². The molecule has 1 saturated heterocycles. The molecule has 0 radical (unpaired) electrons. The van der Waals surface area contributed by atoms with Gasteiger partial charge in [0.2, 0.25) is 5.91 Å². The number of benzene rings is 1. The number of piperidine rings is 1. The summed E-state index contributed by atoms with van der Waals surface area (Å²) < 4.78 is 0. The topological polar surface area (TPSA) is 23.6 Å². The minimum absolute atomic E-state index is 0.314. The highest BCUT2D eigenvalue weighted by Gasteiger charge is 2.22. The van der Waals surface area contributed by atoms with E-state index < -0.39 is 0 Å². The van der Waals surface area contributed by atoms with Gasteiger partial charge in [0, 0.05) is 38.8 Å².